The quantitative estimate of drug-likeness (QED) is 0.888. The molecule has 0 aliphatic rings. The normalized spacial score (nSPS) is 10.2. The molecule has 20 heavy (non-hydrogen) atoms. The van der Waals surface area contributed by atoms with Crippen LogP contribution in [0.25, 0.3) is 0 Å². The van der Waals surface area contributed by atoms with Gasteiger partial charge in [0, 0.05) is 25.7 Å². The summed E-state index contributed by atoms with van der Waals surface area (Å²) in [4.78, 5) is 24.9. The van der Waals surface area contributed by atoms with Crippen LogP contribution in [0.5, 0.6) is 0 Å². The van der Waals surface area contributed by atoms with Crippen LogP contribution in [-0.2, 0) is 6.54 Å². The van der Waals surface area contributed by atoms with Gasteiger partial charge in [-0.2, -0.15) is 0 Å². The lowest BCUT2D eigenvalue weighted by Gasteiger charge is -2.22. The molecular formula is C15H16N2O3. The zero-order valence-corrected chi connectivity index (χ0v) is 11.0. The molecule has 2 N–H and O–H groups in total. The Bertz CT molecular complexity index is 602. The van der Waals surface area contributed by atoms with Gasteiger partial charge in [-0.1, -0.05) is 30.3 Å². The van der Waals surface area contributed by atoms with Crippen LogP contribution in [0.15, 0.2) is 57.9 Å². The topological polar surface area (TPSA) is 76.5 Å². The van der Waals surface area contributed by atoms with Crippen molar-refractivity contribution in [1.29, 1.82) is 0 Å². The first kappa shape index (κ1) is 14.0. The molecule has 2 aromatic rings. The van der Waals surface area contributed by atoms with Crippen molar-refractivity contribution in [2.24, 2.45) is 5.73 Å². The average molecular weight is 272 g/mol. The van der Waals surface area contributed by atoms with Crippen molar-refractivity contribution in [3.63, 3.8) is 0 Å². The number of nitrogens with zero attached hydrogens (tertiary/aromatic N) is 1. The molecule has 0 atom stereocenters. The van der Waals surface area contributed by atoms with Crippen molar-refractivity contribution in [2.45, 2.75) is 6.54 Å². The van der Waals surface area contributed by atoms with Gasteiger partial charge in [0.25, 0.3) is 5.91 Å². The van der Waals surface area contributed by atoms with Crippen LogP contribution in [-0.4, -0.2) is 23.9 Å². The Morgan fingerprint density at radius 2 is 1.90 bits per heavy atom. The molecule has 5 heteroatoms. The molecule has 1 aromatic carbocycles. The predicted molar refractivity (Wildman–Crippen MR) is 75.2 cm³/mol. The van der Waals surface area contributed by atoms with Crippen molar-refractivity contribution < 1.29 is 9.21 Å². The van der Waals surface area contributed by atoms with Gasteiger partial charge in [0.05, 0.1) is 5.56 Å². The van der Waals surface area contributed by atoms with Crippen LogP contribution in [0.4, 0.5) is 0 Å². The van der Waals surface area contributed by atoms with Crippen molar-refractivity contribution in [3.05, 3.63) is 70.3 Å². The number of nitrogens with two attached hydrogens (primary N) is 1. The van der Waals surface area contributed by atoms with Crippen LogP contribution in [0.2, 0.25) is 0 Å². The first-order valence-electron chi connectivity index (χ1n) is 6.33. The highest BCUT2D eigenvalue weighted by molar-refractivity contribution is 5.93. The van der Waals surface area contributed by atoms with Gasteiger partial charge in [-0.05, 0) is 11.6 Å². The van der Waals surface area contributed by atoms with Crippen LogP contribution < -0.4 is 11.4 Å². The number of rotatable bonds is 5. The van der Waals surface area contributed by atoms with E-state index < -0.39 is 5.63 Å². The summed E-state index contributed by atoms with van der Waals surface area (Å²) in [5.41, 5.74) is 6.44. The van der Waals surface area contributed by atoms with E-state index in [4.69, 9.17) is 10.2 Å². The molecule has 0 radical (unpaired) electrons. The molecule has 5 nitrogen and oxygen atoms in total. The zero-order chi connectivity index (χ0) is 14.4. The van der Waals surface area contributed by atoms with Gasteiger partial charge in [0.15, 0.2) is 0 Å². The minimum absolute atomic E-state index is 0.206. The van der Waals surface area contributed by atoms with E-state index >= 15 is 0 Å². The number of hydrogen-bond acceptors (Lipinski definition) is 4. The van der Waals surface area contributed by atoms with Crippen LogP contribution in [0, 0.1) is 0 Å². The maximum absolute atomic E-state index is 12.4. The lowest BCUT2D eigenvalue weighted by atomic mass is 10.2. The summed E-state index contributed by atoms with van der Waals surface area (Å²) in [6.07, 6.45) is 1.18. The second kappa shape index (κ2) is 6.68. The van der Waals surface area contributed by atoms with Gasteiger partial charge < -0.3 is 15.1 Å². The van der Waals surface area contributed by atoms with E-state index in [0.29, 0.717) is 25.2 Å². The Morgan fingerprint density at radius 1 is 1.15 bits per heavy atom. The fraction of sp³-hybridized carbons (Fsp3) is 0.200. The second-order valence-electron chi connectivity index (χ2n) is 4.34. The lowest BCUT2D eigenvalue weighted by Crippen LogP contribution is -2.35. The van der Waals surface area contributed by atoms with Crippen LogP contribution in [0.3, 0.4) is 0 Å². The minimum Gasteiger partial charge on any atom is -0.430 e. The highest BCUT2D eigenvalue weighted by atomic mass is 16.4. The molecule has 0 saturated heterocycles. The molecule has 1 heterocycles. The van der Waals surface area contributed by atoms with E-state index in [1.807, 2.05) is 30.3 Å². The van der Waals surface area contributed by atoms with Gasteiger partial charge in [-0.15, -0.1) is 0 Å². The first-order valence-corrected chi connectivity index (χ1v) is 6.33. The van der Waals surface area contributed by atoms with Gasteiger partial charge in [0.1, 0.15) is 6.26 Å². The van der Waals surface area contributed by atoms with Crippen LogP contribution in [0.1, 0.15) is 15.9 Å². The maximum atomic E-state index is 12.4. The van der Waals surface area contributed by atoms with Crippen molar-refractivity contribution in [3.8, 4) is 0 Å². The summed E-state index contributed by atoms with van der Waals surface area (Å²) in [5, 5.41) is 0. The highest BCUT2D eigenvalue weighted by Gasteiger charge is 2.16. The van der Waals surface area contributed by atoms with Gasteiger partial charge in [-0.3, -0.25) is 4.79 Å². The Morgan fingerprint density at radius 3 is 2.50 bits per heavy atom. The summed E-state index contributed by atoms with van der Waals surface area (Å²) in [6, 6.07) is 12.3. The molecular weight excluding hydrogens is 256 g/mol. The number of amides is 1. The Hall–Kier alpha value is -2.40. The molecule has 0 unspecified atom stereocenters. The maximum Gasteiger partial charge on any atom is 0.335 e. The van der Waals surface area contributed by atoms with E-state index in [-0.39, 0.29) is 5.91 Å². The molecule has 0 spiro atoms. The standard InChI is InChI=1S/C15H16N2O3/c16-8-9-17(10-12-4-2-1-3-5-12)15(19)13-6-7-14(18)20-11-13/h1-7,11H,8-10,16H2. The predicted octanol–water partition coefficient (Wildman–Crippen LogP) is 1.24. The van der Waals surface area contributed by atoms with Crippen molar-refractivity contribution >= 4 is 5.91 Å². The molecule has 2 rings (SSSR count). The Balaban J connectivity index is 2.17. The third kappa shape index (κ3) is 3.55. The summed E-state index contributed by atoms with van der Waals surface area (Å²) >= 11 is 0. The highest BCUT2D eigenvalue weighted by Crippen LogP contribution is 2.08. The van der Waals surface area contributed by atoms with Gasteiger partial charge >= 0.3 is 5.63 Å². The van der Waals surface area contributed by atoms with E-state index in [1.165, 1.54) is 18.4 Å². The third-order valence-corrected chi connectivity index (χ3v) is 2.85. The van der Waals surface area contributed by atoms with Gasteiger partial charge in [-0.25, -0.2) is 4.79 Å². The molecule has 0 aliphatic carbocycles. The largest absolute Gasteiger partial charge is 0.430 e. The monoisotopic (exact) mass is 272 g/mol. The summed E-state index contributed by atoms with van der Waals surface area (Å²) in [5.74, 6) is -0.206. The number of carbonyl (C=O) groups is 1. The smallest absolute Gasteiger partial charge is 0.335 e. The fourth-order valence-corrected chi connectivity index (χ4v) is 1.87. The number of hydrogen-bond donors (Lipinski definition) is 1. The van der Waals surface area contributed by atoms with Crippen molar-refractivity contribution in [2.75, 3.05) is 13.1 Å². The van der Waals surface area contributed by atoms with Crippen molar-refractivity contribution in [1.82, 2.24) is 4.90 Å². The van der Waals surface area contributed by atoms with E-state index in [2.05, 4.69) is 0 Å². The summed E-state index contributed by atoms with van der Waals surface area (Å²) in [7, 11) is 0. The molecule has 0 bridgehead atoms. The first-order chi connectivity index (χ1) is 9.70. The van der Waals surface area contributed by atoms with E-state index in [9.17, 15) is 9.59 Å². The second-order valence-corrected chi connectivity index (χ2v) is 4.34. The zero-order valence-electron chi connectivity index (χ0n) is 11.0. The number of benzene rings is 1. The molecule has 1 aromatic heterocycles. The van der Waals surface area contributed by atoms with E-state index in [1.54, 1.807) is 4.90 Å². The SMILES string of the molecule is NCCN(Cc1ccccc1)C(=O)c1ccc(=O)oc1. The summed E-state index contributed by atoms with van der Waals surface area (Å²) in [6.45, 7) is 1.28. The third-order valence-electron chi connectivity index (χ3n) is 2.85. The molecule has 1 amide bonds. The molecule has 0 saturated carbocycles. The van der Waals surface area contributed by atoms with Gasteiger partial charge in [0.2, 0.25) is 0 Å². The average Bonchev–Trinajstić information content (AvgIpc) is 2.48. The molecule has 0 fully saturated rings. The summed E-state index contributed by atoms with van der Waals surface area (Å²) < 4.78 is 4.72. The van der Waals surface area contributed by atoms with E-state index in [0.717, 1.165) is 5.56 Å². The van der Waals surface area contributed by atoms with Crippen LogP contribution >= 0.6 is 0 Å². The molecule has 0 aliphatic heterocycles. The Labute approximate surface area is 116 Å². The number of carbonyl (C=O) groups excluding carboxylic acids is 1. The lowest BCUT2D eigenvalue weighted by molar-refractivity contribution is 0.0745. The Kier molecular flexibility index (Phi) is 4.68. The molecule has 104 valence electrons. The minimum atomic E-state index is -0.477. The fourth-order valence-electron chi connectivity index (χ4n) is 1.87.